The molecule has 5 aromatic rings. The van der Waals surface area contributed by atoms with Gasteiger partial charge in [-0.2, -0.15) is 21.6 Å². The summed E-state index contributed by atoms with van der Waals surface area (Å²) < 4.78 is 99.6. The smallest absolute Gasteiger partial charge is 0.416 e. The van der Waals surface area contributed by atoms with Gasteiger partial charge in [0.1, 0.15) is 10.6 Å². The molecule has 0 radical (unpaired) electrons. The lowest BCUT2D eigenvalue weighted by molar-refractivity contribution is -0.137. The van der Waals surface area contributed by atoms with Crippen LogP contribution < -0.4 is 14.1 Å². The number of nitrogens with zero attached hydrogens (tertiary/aromatic N) is 1. The summed E-state index contributed by atoms with van der Waals surface area (Å²) in [4.78, 5) is 12.4. The molecule has 1 unspecified atom stereocenters. The Bertz CT molecular complexity index is 1910. The van der Waals surface area contributed by atoms with Crippen molar-refractivity contribution in [3.05, 3.63) is 119 Å². The molecule has 210 valence electrons. The van der Waals surface area contributed by atoms with Gasteiger partial charge in [-0.25, -0.2) is 4.79 Å². The third-order valence-corrected chi connectivity index (χ3v) is 7.91. The number of para-hydroxylation sites is 1. The van der Waals surface area contributed by atoms with Crippen LogP contribution in [0.15, 0.2) is 117 Å². The Kier molecular flexibility index (Phi) is 7.43. The van der Waals surface area contributed by atoms with E-state index in [1.807, 2.05) is 30.3 Å². The zero-order valence-corrected chi connectivity index (χ0v) is 22.2. The van der Waals surface area contributed by atoms with Crippen molar-refractivity contribution in [1.29, 1.82) is 0 Å². The highest BCUT2D eigenvalue weighted by molar-refractivity contribution is 7.87. The van der Waals surface area contributed by atoms with E-state index in [0.29, 0.717) is 12.1 Å². The summed E-state index contributed by atoms with van der Waals surface area (Å²) in [5, 5.41) is 0.121. The second-order valence-corrected chi connectivity index (χ2v) is 10.9. The molecule has 0 bridgehead atoms. The molecule has 0 N–H and O–H groups in total. The lowest BCUT2D eigenvalue weighted by Crippen LogP contribution is -2.25. The topological polar surface area (TPSA) is 117 Å². The standard InChI is InChI=1S/C28H18F3NO7S2/c29-28(30,31)21-11-15-23(16-12-21)41(36,37)39-25-8-4-7-20-17-24(27(33)38-26(20)25)32(40(34)35)22-13-9-19(10-14-22)18-5-2-1-3-6-18/h1-17H,(H,34,35)/p-1. The third kappa shape index (κ3) is 5.87. The Morgan fingerprint density at radius 2 is 1.46 bits per heavy atom. The van der Waals surface area contributed by atoms with E-state index in [0.717, 1.165) is 27.6 Å². The summed E-state index contributed by atoms with van der Waals surface area (Å²) in [5.41, 5.74) is -0.992. The summed E-state index contributed by atoms with van der Waals surface area (Å²) in [5.74, 6) is -0.423. The normalized spacial score (nSPS) is 12.7. The second kappa shape index (κ2) is 10.8. The average Bonchev–Trinajstić information content (AvgIpc) is 2.94. The molecule has 13 heteroatoms. The van der Waals surface area contributed by atoms with Crippen molar-refractivity contribution in [2.45, 2.75) is 11.1 Å². The van der Waals surface area contributed by atoms with Gasteiger partial charge in [0.05, 0.1) is 22.5 Å². The first kappa shape index (κ1) is 28.1. The summed E-state index contributed by atoms with van der Waals surface area (Å²) in [6.07, 6.45) is -4.66. The minimum atomic E-state index is -4.66. The van der Waals surface area contributed by atoms with Crippen LogP contribution in [0.2, 0.25) is 0 Å². The van der Waals surface area contributed by atoms with Gasteiger partial charge in [-0.15, -0.1) is 0 Å². The Hall–Kier alpha value is -4.46. The molecule has 5 rings (SSSR count). The molecule has 0 saturated carbocycles. The van der Waals surface area contributed by atoms with Gasteiger partial charge in [0.15, 0.2) is 11.3 Å². The van der Waals surface area contributed by atoms with Crippen LogP contribution >= 0.6 is 0 Å². The van der Waals surface area contributed by atoms with Crippen LogP contribution in [0.25, 0.3) is 22.1 Å². The van der Waals surface area contributed by atoms with Crippen LogP contribution in [0.3, 0.4) is 0 Å². The molecule has 1 aromatic heterocycles. The van der Waals surface area contributed by atoms with Gasteiger partial charge in [0.2, 0.25) is 0 Å². The summed E-state index contributed by atoms with van der Waals surface area (Å²) >= 11 is -2.95. The van der Waals surface area contributed by atoms with Gasteiger partial charge in [0.25, 0.3) is 0 Å². The van der Waals surface area contributed by atoms with Gasteiger partial charge in [-0.3, -0.25) is 8.51 Å². The van der Waals surface area contributed by atoms with Crippen molar-refractivity contribution in [3.63, 3.8) is 0 Å². The fourth-order valence-corrected chi connectivity index (χ4v) is 5.53. The van der Waals surface area contributed by atoms with E-state index < -0.39 is 49.4 Å². The van der Waals surface area contributed by atoms with Gasteiger partial charge >= 0.3 is 21.9 Å². The van der Waals surface area contributed by atoms with E-state index in [1.54, 1.807) is 12.1 Å². The highest BCUT2D eigenvalue weighted by Crippen LogP contribution is 2.34. The van der Waals surface area contributed by atoms with E-state index in [1.165, 1.54) is 36.4 Å². The number of anilines is 2. The van der Waals surface area contributed by atoms with E-state index in [-0.39, 0.29) is 22.3 Å². The molecule has 0 aliphatic rings. The van der Waals surface area contributed by atoms with Crippen LogP contribution in [0.5, 0.6) is 5.75 Å². The minimum absolute atomic E-state index is 0.121. The quantitative estimate of drug-likeness (QED) is 0.124. The molecule has 0 spiro atoms. The molecule has 0 fully saturated rings. The predicted molar refractivity (Wildman–Crippen MR) is 145 cm³/mol. The molecule has 41 heavy (non-hydrogen) atoms. The number of alkyl halides is 3. The molecule has 0 aliphatic carbocycles. The summed E-state index contributed by atoms with van der Waals surface area (Å²) in [7, 11) is -4.63. The zero-order chi connectivity index (χ0) is 29.4. The first-order valence-corrected chi connectivity index (χ1v) is 14.1. The van der Waals surface area contributed by atoms with Crippen molar-refractivity contribution in [2.75, 3.05) is 4.31 Å². The van der Waals surface area contributed by atoms with E-state index >= 15 is 0 Å². The number of hydrogen-bond donors (Lipinski definition) is 0. The Morgan fingerprint density at radius 3 is 2.07 bits per heavy atom. The first-order chi connectivity index (χ1) is 19.4. The largest absolute Gasteiger partial charge is 0.755 e. The van der Waals surface area contributed by atoms with Crippen LogP contribution in [0, 0.1) is 0 Å². The lowest BCUT2D eigenvalue weighted by Gasteiger charge is -2.25. The van der Waals surface area contributed by atoms with Crippen molar-refractivity contribution in [1.82, 2.24) is 0 Å². The van der Waals surface area contributed by atoms with E-state index in [2.05, 4.69) is 0 Å². The molecule has 0 amide bonds. The molecule has 1 atom stereocenters. The van der Waals surface area contributed by atoms with Gasteiger partial charge < -0.3 is 13.2 Å². The van der Waals surface area contributed by atoms with Crippen molar-refractivity contribution < 1.29 is 39.0 Å². The van der Waals surface area contributed by atoms with Gasteiger partial charge in [0, 0.05) is 5.39 Å². The molecule has 0 aliphatic heterocycles. The highest BCUT2D eigenvalue weighted by Gasteiger charge is 2.31. The SMILES string of the molecule is O=c1oc2c(OS(=O)(=O)c3ccc(C(F)(F)F)cc3)cccc2cc1N(c1ccc(-c2ccccc2)cc1)S(=O)[O-]. The van der Waals surface area contributed by atoms with Gasteiger partial charge in [-0.1, -0.05) is 54.6 Å². The minimum Gasteiger partial charge on any atom is -0.755 e. The molecule has 8 nitrogen and oxygen atoms in total. The molecular formula is C28H17F3NO7S2-. The predicted octanol–water partition coefficient (Wildman–Crippen LogP) is 6.18. The van der Waals surface area contributed by atoms with Crippen LogP contribution in [-0.4, -0.2) is 17.2 Å². The van der Waals surface area contributed by atoms with E-state index in [9.17, 15) is 35.1 Å². The summed E-state index contributed by atoms with van der Waals surface area (Å²) in [6.45, 7) is 0. The van der Waals surface area contributed by atoms with Crippen molar-refractivity contribution in [2.24, 2.45) is 0 Å². The highest BCUT2D eigenvalue weighted by atomic mass is 32.2. The number of benzene rings is 4. The fraction of sp³-hybridized carbons (Fsp3) is 0.0357. The number of hydrogen-bond acceptors (Lipinski definition) is 7. The Morgan fingerprint density at radius 1 is 0.829 bits per heavy atom. The van der Waals surface area contributed by atoms with Crippen LogP contribution in [-0.2, 0) is 27.6 Å². The van der Waals surface area contributed by atoms with Crippen LogP contribution in [0.4, 0.5) is 24.5 Å². The lowest BCUT2D eigenvalue weighted by atomic mass is 10.1. The average molecular weight is 601 g/mol. The maximum atomic E-state index is 13.0. The Labute approximate surface area is 233 Å². The number of fused-ring (bicyclic) bond motifs is 1. The second-order valence-electron chi connectivity index (χ2n) is 8.58. The van der Waals surface area contributed by atoms with Crippen molar-refractivity contribution >= 4 is 43.7 Å². The molecule has 1 heterocycles. The maximum absolute atomic E-state index is 13.0. The zero-order valence-electron chi connectivity index (χ0n) is 20.6. The summed E-state index contributed by atoms with van der Waals surface area (Å²) in [6, 6.07) is 23.6. The molecular weight excluding hydrogens is 583 g/mol. The number of halogens is 3. The van der Waals surface area contributed by atoms with Crippen LogP contribution in [0.1, 0.15) is 5.56 Å². The maximum Gasteiger partial charge on any atom is 0.416 e. The van der Waals surface area contributed by atoms with E-state index in [4.69, 9.17) is 8.60 Å². The Balaban J connectivity index is 1.49. The molecule has 0 saturated heterocycles. The molecule has 4 aromatic carbocycles. The monoisotopic (exact) mass is 600 g/mol. The number of rotatable bonds is 7. The first-order valence-electron chi connectivity index (χ1n) is 11.7. The fourth-order valence-electron chi connectivity index (χ4n) is 4.02. The van der Waals surface area contributed by atoms with Gasteiger partial charge in [-0.05, 0) is 59.7 Å². The van der Waals surface area contributed by atoms with Crippen molar-refractivity contribution in [3.8, 4) is 16.9 Å². The third-order valence-electron chi connectivity index (χ3n) is 5.95.